The van der Waals surface area contributed by atoms with E-state index in [2.05, 4.69) is 5.32 Å². The van der Waals surface area contributed by atoms with Crippen molar-refractivity contribution in [1.82, 2.24) is 5.32 Å². The minimum atomic E-state index is -0.380. The molecule has 27 heavy (non-hydrogen) atoms. The summed E-state index contributed by atoms with van der Waals surface area (Å²) in [6, 6.07) is 14.2. The molecule has 0 atom stereocenters. The summed E-state index contributed by atoms with van der Waals surface area (Å²) in [4.78, 5) is 12.6. The molecule has 0 bridgehead atoms. The van der Waals surface area contributed by atoms with Crippen molar-refractivity contribution in [3.63, 3.8) is 0 Å². The number of phenolic OH excluding ortho intramolecular Hbond substituents is 1. The lowest BCUT2D eigenvalue weighted by Crippen LogP contribution is -2.23. The number of hydrogen-bond acceptors (Lipinski definition) is 5. The van der Waals surface area contributed by atoms with Crippen LogP contribution in [0.4, 0.5) is 0 Å². The van der Waals surface area contributed by atoms with E-state index in [0.717, 1.165) is 16.3 Å². The Labute approximate surface area is 157 Å². The Kier molecular flexibility index (Phi) is 5.35. The maximum absolute atomic E-state index is 12.6. The fourth-order valence-corrected chi connectivity index (χ4v) is 2.91. The van der Waals surface area contributed by atoms with Gasteiger partial charge in [-0.3, -0.25) is 4.79 Å². The molecular weight excluding hydrogens is 346 g/mol. The zero-order valence-electron chi connectivity index (χ0n) is 15.4. The minimum Gasteiger partial charge on any atom is -0.507 e. The largest absolute Gasteiger partial charge is 0.507 e. The fraction of sp³-hybridized carbons (Fsp3) is 0.190. The number of amides is 1. The van der Waals surface area contributed by atoms with Gasteiger partial charge in [0.25, 0.3) is 5.91 Å². The molecular formula is C21H21NO5. The summed E-state index contributed by atoms with van der Waals surface area (Å²) >= 11 is 0. The smallest absolute Gasteiger partial charge is 0.255 e. The van der Waals surface area contributed by atoms with Crippen LogP contribution in [0.15, 0.2) is 48.5 Å². The van der Waals surface area contributed by atoms with Gasteiger partial charge < -0.3 is 24.6 Å². The Balaban J connectivity index is 1.84. The van der Waals surface area contributed by atoms with Crippen LogP contribution in [0, 0.1) is 0 Å². The highest BCUT2D eigenvalue weighted by atomic mass is 16.5. The second-order valence-electron chi connectivity index (χ2n) is 5.92. The molecule has 0 aliphatic heterocycles. The van der Waals surface area contributed by atoms with Gasteiger partial charge in [-0.2, -0.15) is 0 Å². The molecule has 0 heterocycles. The van der Waals surface area contributed by atoms with E-state index in [-0.39, 0.29) is 23.8 Å². The number of nitrogens with one attached hydrogen (secondary N) is 1. The molecule has 6 heteroatoms. The normalized spacial score (nSPS) is 10.5. The first-order valence-electron chi connectivity index (χ1n) is 8.36. The van der Waals surface area contributed by atoms with Crippen LogP contribution in [-0.2, 0) is 6.54 Å². The van der Waals surface area contributed by atoms with E-state index in [9.17, 15) is 9.90 Å². The van der Waals surface area contributed by atoms with Crippen molar-refractivity contribution in [2.75, 3.05) is 21.3 Å². The van der Waals surface area contributed by atoms with Crippen molar-refractivity contribution in [3.8, 4) is 23.0 Å². The highest BCUT2D eigenvalue weighted by molar-refractivity contribution is 6.01. The lowest BCUT2D eigenvalue weighted by Gasteiger charge is -2.15. The van der Waals surface area contributed by atoms with Crippen molar-refractivity contribution >= 4 is 16.7 Å². The Hall–Kier alpha value is -3.41. The topological polar surface area (TPSA) is 77.0 Å². The number of aromatic hydroxyl groups is 1. The van der Waals surface area contributed by atoms with E-state index < -0.39 is 0 Å². The van der Waals surface area contributed by atoms with E-state index in [1.54, 1.807) is 45.6 Å². The Bertz CT molecular complexity index is 984. The van der Waals surface area contributed by atoms with E-state index in [0.29, 0.717) is 17.2 Å². The van der Waals surface area contributed by atoms with Gasteiger partial charge in [-0.15, -0.1) is 0 Å². The van der Waals surface area contributed by atoms with Crippen LogP contribution >= 0.6 is 0 Å². The zero-order valence-corrected chi connectivity index (χ0v) is 15.4. The number of fused-ring (bicyclic) bond motifs is 1. The van der Waals surface area contributed by atoms with Crippen LogP contribution in [0.3, 0.4) is 0 Å². The van der Waals surface area contributed by atoms with Crippen LogP contribution < -0.4 is 19.5 Å². The number of phenols is 1. The minimum absolute atomic E-state index is 0.0644. The summed E-state index contributed by atoms with van der Waals surface area (Å²) in [6.45, 7) is 0.203. The van der Waals surface area contributed by atoms with E-state index in [4.69, 9.17) is 14.2 Å². The summed E-state index contributed by atoms with van der Waals surface area (Å²) in [5, 5.41) is 14.8. The second-order valence-corrected chi connectivity index (χ2v) is 5.92. The average molecular weight is 367 g/mol. The maximum Gasteiger partial charge on any atom is 0.255 e. The molecule has 0 saturated heterocycles. The monoisotopic (exact) mass is 367 g/mol. The van der Waals surface area contributed by atoms with Crippen molar-refractivity contribution in [2.45, 2.75) is 6.54 Å². The van der Waals surface area contributed by atoms with Gasteiger partial charge in [0, 0.05) is 18.2 Å². The predicted octanol–water partition coefficient (Wildman–Crippen LogP) is 3.50. The lowest BCUT2D eigenvalue weighted by molar-refractivity contribution is 0.0948. The maximum atomic E-state index is 12.6. The summed E-state index contributed by atoms with van der Waals surface area (Å²) in [5.41, 5.74) is 0.942. The molecule has 6 nitrogen and oxygen atoms in total. The first-order chi connectivity index (χ1) is 13.1. The Morgan fingerprint density at radius 1 is 0.889 bits per heavy atom. The van der Waals surface area contributed by atoms with Gasteiger partial charge in [0.2, 0.25) is 0 Å². The Morgan fingerprint density at radius 3 is 2.11 bits per heavy atom. The van der Waals surface area contributed by atoms with Crippen molar-refractivity contribution in [2.24, 2.45) is 0 Å². The zero-order chi connectivity index (χ0) is 19.4. The molecule has 1 amide bonds. The molecule has 0 radical (unpaired) electrons. The molecule has 0 aromatic heterocycles. The highest BCUT2D eigenvalue weighted by Gasteiger charge is 2.15. The van der Waals surface area contributed by atoms with Gasteiger partial charge in [0.1, 0.15) is 11.5 Å². The second kappa shape index (κ2) is 7.86. The fourth-order valence-electron chi connectivity index (χ4n) is 2.91. The van der Waals surface area contributed by atoms with Gasteiger partial charge in [0.05, 0.1) is 26.9 Å². The number of methoxy groups -OCH3 is 3. The molecule has 0 spiro atoms. The van der Waals surface area contributed by atoms with Gasteiger partial charge in [-0.1, -0.05) is 24.3 Å². The molecule has 3 rings (SSSR count). The van der Waals surface area contributed by atoms with E-state index >= 15 is 0 Å². The average Bonchev–Trinajstić information content (AvgIpc) is 2.70. The van der Waals surface area contributed by atoms with E-state index in [1.807, 2.05) is 24.3 Å². The number of hydrogen-bond donors (Lipinski definition) is 2. The summed E-state index contributed by atoms with van der Waals surface area (Å²) < 4.78 is 15.9. The predicted molar refractivity (Wildman–Crippen MR) is 103 cm³/mol. The molecule has 0 unspecified atom stereocenters. The van der Waals surface area contributed by atoms with Crippen molar-refractivity contribution in [1.29, 1.82) is 0 Å². The third-order valence-electron chi connectivity index (χ3n) is 4.33. The van der Waals surface area contributed by atoms with Gasteiger partial charge >= 0.3 is 0 Å². The molecule has 3 aromatic carbocycles. The first kappa shape index (κ1) is 18.4. The van der Waals surface area contributed by atoms with Crippen molar-refractivity contribution < 1.29 is 24.1 Å². The Morgan fingerprint density at radius 2 is 1.48 bits per heavy atom. The number of carbonyl (C=O) groups is 1. The number of carbonyl (C=O) groups excluding carboxylic acids is 1. The summed E-state index contributed by atoms with van der Waals surface area (Å²) in [7, 11) is 4.63. The van der Waals surface area contributed by atoms with Crippen LogP contribution in [0.1, 0.15) is 15.9 Å². The summed E-state index contributed by atoms with van der Waals surface area (Å²) in [6.07, 6.45) is 0. The van der Waals surface area contributed by atoms with Gasteiger partial charge in [0.15, 0.2) is 11.5 Å². The van der Waals surface area contributed by atoms with Crippen LogP contribution in [0.5, 0.6) is 23.0 Å². The molecule has 0 aliphatic carbocycles. The quantitative estimate of drug-likeness (QED) is 0.697. The van der Waals surface area contributed by atoms with Crippen LogP contribution in [-0.4, -0.2) is 32.3 Å². The third-order valence-corrected chi connectivity index (χ3v) is 4.33. The molecule has 140 valence electrons. The van der Waals surface area contributed by atoms with Gasteiger partial charge in [-0.25, -0.2) is 0 Å². The lowest BCUT2D eigenvalue weighted by atomic mass is 10.1. The number of benzene rings is 3. The van der Waals surface area contributed by atoms with E-state index in [1.165, 1.54) is 0 Å². The SMILES string of the molecule is COc1cc(OC)c(OC)cc1CNC(=O)c1cc2ccccc2cc1O. The molecule has 0 fully saturated rings. The first-order valence-corrected chi connectivity index (χ1v) is 8.36. The third kappa shape index (κ3) is 3.74. The molecule has 0 saturated carbocycles. The molecule has 0 aliphatic rings. The van der Waals surface area contributed by atoms with Crippen LogP contribution in [0.25, 0.3) is 10.8 Å². The molecule has 2 N–H and O–H groups in total. The standard InChI is InChI=1S/C21H21NO5/c1-25-18-11-20(27-3)19(26-2)10-15(18)12-22-21(24)16-8-13-6-4-5-7-14(13)9-17(16)23/h4-11,23H,12H2,1-3H3,(H,22,24). The number of ether oxygens (including phenoxy) is 3. The number of rotatable bonds is 6. The van der Waals surface area contributed by atoms with Crippen molar-refractivity contribution in [3.05, 3.63) is 59.7 Å². The molecule has 3 aromatic rings. The van der Waals surface area contributed by atoms with Crippen LogP contribution in [0.2, 0.25) is 0 Å². The summed E-state index contributed by atoms with van der Waals surface area (Å²) in [5.74, 6) is 1.20. The highest BCUT2D eigenvalue weighted by Crippen LogP contribution is 2.34. The van der Waals surface area contributed by atoms with Gasteiger partial charge in [-0.05, 0) is 29.0 Å².